The van der Waals surface area contributed by atoms with Gasteiger partial charge in [-0.05, 0) is 49.2 Å². The van der Waals surface area contributed by atoms with Gasteiger partial charge in [-0.3, -0.25) is 0 Å². The predicted molar refractivity (Wildman–Crippen MR) is 117 cm³/mol. The third-order valence-corrected chi connectivity index (χ3v) is 7.05. The Bertz CT molecular complexity index is 529. The van der Waals surface area contributed by atoms with Crippen LogP contribution >= 0.6 is 0 Å². The average Bonchev–Trinajstić information content (AvgIpc) is 3.32. The minimum absolute atomic E-state index is 0.243. The Morgan fingerprint density at radius 2 is 1.31 bits per heavy atom. The third kappa shape index (κ3) is 4.62. The number of rotatable bonds is 12. The van der Waals surface area contributed by atoms with Crippen LogP contribution in [0, 0.1) is 11.3 Å². The zero-order chi connectivity index (χ0) is 19.0. The van der Waals surface area contributed by atoms with Crippen LogP contribution in [0.1, 0.15) is 105 Å². The van der Waals surface area contributed by atoms with Crippen LogP contribution in [-0.2, 0) is 0 Å². The second-order valence-electron chi connectivity index (χ2n) is 8.59. The molecule has 0 saturated heterocycles. The first-order valence-electron chi connectivity index (χ1n) is 11.4. The lowest BCUT2D eigenvalue weighted by Crippen LogP contribution is -2.31. The van der Waals surface area contributed by atoms with Crippen molar-refractivity contribution in [2.24, 2.45) is 11.3 Å². The maximum absolute atomic E-state index is 2.57. The van der Waals surface area contributed by atoms with Gasteiger partial charge in [0.1, 0.15) is 0 Å². The first-order chi connectivity index (χ1) is 12.6. The zero-order valence-electron chi connectivity index (χ0n) is 18.2. The Hall–Kier alpha value is -1.04. The SMILES string of the molecule is CCCCCCCCC(C)C(C)(C1=C(CC)C=CC1)C1=C(CC)C=CC1. The fraction of sp³-hybridized carbons (Fsp3) is 0.692. The van der Waals surface area contributed by atoms with E-state index in [2.05, 4.69) is 58.9 Å². The van der Waals surface area contributed by atoms with E-state index in [-0.39, 0.29) is 5.41 Å². The molecule has 2 aliphatic rings. The summed E-state index contributed by atoms with van der Waals surface area (Å²) in [5.74, 6) is 0.724. The van der Waals surface area contributed by atoms with Crippen molar-refractivity contribution in [2.45, 2.75) is 105 Å². The molecule has 0 aromatic rings. The van der Waals surface area contributed by atoms with E-state index in [4.69, 9.17) is 0 Å². The van der Waals surface area contributed by atoms with Crippen molar-refractivity contribution in [2.75, 3.05) is 0 Å². The molecule has 1 unspecified atom stereocenters. The van der Waals surface area contributed by atoms with Crippen molar-refractivity contribution in [3.05, 3.63) is 46.6 Å². The van der Waals surface area contributed by atoms with Crippen LogP contribution in [0.2, 0.25) is 0 Å². The van der Waals surface area contributed by atoms with Crippen molar-refractivity contribution in [1.29, 1.82) is 0 Å². The summed E-state index contributed by atoms with van der Waals surface area (Å²) in [4.78, 5) is 0. The van der Waals surface area contributed by atoms with Crippen LogP contribution in [0.5, 0.6) is 0 Å². The summed E-state index contributed by atoms with van der Waals surface area (Å²) < 4.78 is 0. The Balaban J connectivity index is 2.17. The number of hydrogen-bond acceptors (Lipinski definition) is 0. The van der Waals surface area contributed by atoms with E-state index in [0.29, 0.717) is 0 Å². The quantitative estimate of drug-likeness (QED) is 0.307. The second-order valence-corrected chi connectivity index (χ2v) is 8.59. The van der Waals surface area contributed by atoms with Gasteiger partial charge in [0.25, 0.3) is 0 Å². The normalized spacial score (nSPS) is 18.5. The maximum atomic E-state index is 2.57. The molecule has 2 rings (SSSR count). The van der Waals surface area contributed by atoms with Gasteiger partial charge >= 0.3 is 0 Å². The smallest absolute Gasteiger partial charge is 0.0136 e. The molecule has 0 saturated carbocycles. The highest BCUT2D eigenvalue weighted by Crippen LogP contribution is 2.53. The summed E-state index contributed by atoms with van der Waals surface area (Å²) in [5.41, 5.74) is 6.91. The molecule has 0 fully saturated rings. The molecule has 0 N–H and O–H groups in total. The largest absolute Gasteiger partial charge is 0.0801 e. The Labute approximate surface area is 163 Å². The van der Waals surface area contributed by atoms with Gasteiger partial charge in [-0.25, -0.2) is 0 Å². The Kier molecular flexibility index (Phi) is 8.45. The van der Waals surface area contributed by atoms with Crippen molar-refractivity contribution < 1.29 is 0 Å². The van der Waals surface area contributed by atoms with Crippen LogP contribution in [0.25, 0.3) is 0 Å². The van der Waals surface area contributed by atoms with Crippen molar-refractivity contribution in [3.8, 4) is 0 Å². The van der Waals surface area contributed by atoms with Crippen LogP contribution in [-0.4, -0.2) is 0 Å². The van der Waals surface area contributed by atoms with E-state index < -0.39 is 0 Å². The van der Waals surface area contributed by atoms with E-state index in [1.165, 1.54) is 70.6 Å². The van der Waals surface area contributed by atoms with E-state index in [0.717, 1.165) is 5.92 Å². The van der Waals surface area contributed by atoms with E-state index in [1.807, 2.05) is 0 Å². The summed E-state index contributed by atoms with van der Waals surface area (Å²) >= 11 is 0. The Morgan fingerprint density at radius 1 is 0.808 bits per heavy atom. The summed E-state index contributed by atoms with van der Waals surface area (Å²) in [6.07, 6.45) is 24.1. The van der Waals surface area contributed by atoms with E-state index >= 15 is 0 Å². The lowest BCUT2D eigenvalue weighted by atomic mass is 9.63. The number of allylic oxidation sites excluding steroid dienone is 8. The van der Waals surface area contributed by atoms with Gasteiger partial charge in [0, 0.05) is 5.41 Å². The molecule has 26 heavy (non-hydrogen) atoms. The maximum Gasteiger partial charge on any atom is 0.0136 e. The molecule has 0 aliphatic heterocycles. The van der Waals surface area contributed by atoms with Crippen molar-refractivity contribution in [1.82, 2.24) is 0 Å². The molecular formula is C26H42. The summed E-state index contributed by atoms with van der Waals surface area (Å²) in [6, 6.07) is 0. The van der Waals surface area contributed by atoms with E-state index in [9.17, 15) is 0 Å². The fourth-order valence-corrected chi connectivity index (χ4v) is 5.15. The van der Waals surface area contributed by atoms with Crippen LogP contribution < -0.4 is 0 Å². The molecule has 0 bridgehead atoms. The number of hydrogen-bond donors (Lipinski definition) is 0. The van der Waals surface area contributed by atoms with Gasteiger partial charge in [0.05, 0.1) is 0 Å². The highest BCUT2D eigenvalue weighted by Gasteiger charge is 2.40. The van der Waals surface area contributed by atoms with Crippen LogP contribution in [0.15, 0.2) is 46.6 Å². The third-order valence-electron chi connectivity index (χ3n) is 7.05. The molecule has 0 radical (unpaired) electrons. The van der Waals surface area contributed by atoms with Gasteiger partial charge in [0.2, 0.25) is 0 Å². The molecular weight excluding hydrogens is 312 g/mol. The lowest BCUT2D eigenvalue weighted by Gasteiger charge is -2.41. The highest BCUT2D eigenvalue weighted by atomic mass is 14.4. The first kappa shape index (κ1) is 21.3. The van der Waals surface area contributed by atoms with Crippen LogP contribution in [0.4, 0.5) is 0 Å². The summed E-state index contributed by atoms with van der Waals surface area (Å²) in [5, 5.41) is 0. The molecule has 1 atom stereocenters. The van der Waals surface area contributed by atoms with Crippen LogP contribution in [0.3, 0.4) is 0 Å². The minimum Gasteiger partial charge on any atom is -0.0801 e. The molecule has 0 amide bonds. The predicted octanol–water partition coefficient (Wildman–Crippen LogP) is 8.71. The van der Waals surface area contributed by atoms with E-state index in [1.54, 1.807) is 22.3 Å². The molecule has 2 aliphatic carbocycles. The summed E-state index contributed by atoms with van der Waals surface area (Å²) in [6.45, 7) is 12.1. The van der Waals surface area contributed by atoms with Gasteiger partial charge in [-0.2, -0.15) is 0 Å². The fourth-order valence-electron chi connectivity index (χ4n) is 5.15. The molecule has 0 nitrogen and oxygen atoms in total. The molecule has 146 valence electrons. The molecule has 0 heteroatoms. The average molecular weight is 355 g/mol. The summed E-state index contributed by atoms with van der Waals surface area (Å²) in [7, 11) is 0. The standard InChI is InChI=1S/C26H42/c1-6-9-10-11-12-13-16-21(4)26(5,24-19-14-17-22(24)7-2)25-20-15-18-23(25)8-3/h14-15,17-18,21H,6-13,16,19-20H2,1-5H3. The van der Waals surface area contributed by atoms with Crippen molar-refractivity contribution >= 4 is 0 Å². The monoisotopic (exact) mass is 354 g/mol. The highest BCUT2D eigenvalue weighted by molar-refractivity contribution is 5.48. The molecule has 0 heterocycles. The van der Waals surface area contributed by atoms with Gasteiger partial charge in [-0.15, -0.1) is 0 Å². The molecule has 0 aromatic heterocycles. The number of unbranched alkanes of at least 4 members (excludes halogenated alkanes) is 5. The minimum atomic E-state index is 0.243. The zero-order valence-corrected chi connectivity index (χ0v) is 18.2. The molecule has 0 aromatic carbocycles. The van der Waals surface area contributed by atoms with Gasteiger partial charge in [0.15, 0.2) is 0 Å². The Morgan fingerprint density at radius 3 is 1.81 bits per heavy atom. The first-order valence-corrected chi connectivity index (χ1v) is 11.4. The lowest BCUT2D eigenvalue weighted by molar-refractivity contribution is 0.275. The van der Waals surface area contributed by atoms with Gasteiger partial charge in [-0.1, -0.05) is 109 Å². The van der Waals surface area contributed by atoms with Crippen molar-refractivity contribution in [3.63, 3.8) is 0 Å². The second kappa shape index (κ2) is 10.3. The molecule has 0 spiro atoms. The topological polar surface area (TPSA) is 0 Å². The van der Waals surface area contributed by atoms with Gasteiger partial charge < -0.3 is 0 Å².